The molecule has 6 heterocycles. The predicted octanol–water partition coefficient (Wildman–Crippen LogP) is 15.6. The van der Waals surface area contributed by atoms with Crippen molar-refractivity contribution >= 4 is 128 Å². The fourth-order valence-corrected chi connectivity index (χ4v) is 10.4. The number of carbonyl (C=O) groups is 3. The molecule has 0 fully saturated rings. The highest BCUT2D eigenvalue weighted by Crippen LogP contribution is 2.32. The van der Waals surface area contributed by atoms with E-state index in [-0.39, 0.29) is 19.8 Å². The Bertz CT molecular complexity index is 4470. The number of hydrogen-bond donors (Lipinski definition) is 3. The second kappa shape index (κ2) is 24.4. The van der Waals surface area contributed by atoms with Crippen LogP contribution in [-0.4, -0.2) is 25.4 Å². The first kappa shape index (κ1) is 56.4. The molecule has 0 unspecified atom stereocenters. The van der Waals surface area contributed by atoms with Gasteiger partial charge in [0.05, 0.1) is 7.11 Å². The molecule has 0 aliphatic carbocycles. The maximum atomic E-state index is 12.2. The van der Waals surface area contributed by atoms with Crippen LogP contribution >= 0.6 is 27.3 Å². The maximum absolute atomic E-state index is 12.2. The van der Waals surface area contributed by atoms with Crippen molar-refractivity contribution in [3.63, 3.8) is 0 Å². The molecule has 420 valence electrons. The lowest BCUT2D eigenvalue weighted by molar-refractivity contribution is 0.146. The van der Waals surface area contributed by atoms with Crippen LogP contribution in [0.2, 0.25) is 0 Å². The van der Waals surface area contributed by atoms with Crippen molar-refractivity contribution < 1.29 is 55.4 Å². The molecular weight excluding hydrogens is 1150 g/mol. The number of anilines is 3. The summed E-state index contributed by atoms with van der Waals surface area (Å²) in [6.45, 7) is 9.67. The van der Waals surface area contributed by atoms with Crippen LogP contribution in [0.15, 0.2) is 180 Å². The van der Waals surface area contributed by atoms with Crippen LogP contribution in [0.5, 0.6) is 5.75 Å². The van der Waals surface area contributed by atoms with Gasteiger partial charge in [-0.05, 0) is 153 Å². The summed E-state index contributed by atoms with van der Waals surface area (Å²) in [4.78, 5) is 71.8. The fourth-order valence-electron chi connectivity index (χ4n) is 9.05. The summed E-state index contributed by atoms with van der Waals surface area (Å²) in [5.74, 6) is 1.67. The summed E-state index contributed by atoms with van der Waals surface area (Å²) in [5, 5.41) is 13.3. The number of nitrogens with one attached hydrogen (secondary N) is 3. The summed E-state index contributed by atoms with van der Waals surface area (Å²) in [5.41, 5.74) is 7.38. The Morgan fingerprint density at radius 3 is 1.46 bits per heavy atom. The van der Waals surface area contributed by atoms with Gasteiger partial charge < -0.3 is 41.0 Å². The van der Waals surface area contributed by atoms with Crippen LogP contribution in [0.4, 0.5) is 31.4 Å². The molecule has 0 aliphatic heterocycles. The zero-order valence-corrected chi connectivity index (χ0v) is 47.7. The molecule has 12 aromatic rings. The van der Waals surface area contributed by atoms with Gasteiger partial charge in [0, 0.05) is 94.4 Å². The molecule has 83 heavy (non-hydrogen) atoms. The third kappa shape index (κ3) is 13.8. The number of amides is 3. The van der Waals surface area contributed by atoms with E-state index in [4.69, 9.17) is 41.0 Å². The smallest absolute Gasteiger partial charge is 0.412 e. The molecular formula is C63H50BrN3O15S. The third-order valence-electron chi connectivity index (χ3n) is 12.9. The molecule has 0 saturated carbocycles. The molecule has 6 aromatic carbocycles. The highest BCUT2D eigenvalue weighted by molar-refractivity contribution is 9.10. The molecule has 0 atom stereocenters. The van der Waals surface area contributed by atoms with Crippen molar-refractivity contribution in [2.75, 3.05) is 23.1 Å². The molecule has 12 rings (SSSR count). The lowest BCUT2D eigenvalue weighted by Crippen LogP contribution is -2.13. The molecule has 0 aliphatic rings. The molecule has 0 spiro atoms. The Kier molecular flexibility index (Phi) is 16.6. The first-order chi connectivity index (χ1) is 39.9. The number of thiophene rings is 1. The van der Waals surface area contributed by atoms with Crippen molar-refractivity contribution in [1.29, 1.82) is 0 Å². The van der Waals surface area contributed by atoms with Crippen molar-refractivity contribution in [3.8, 4) is 5.75 Å². The Hall–Kier alpha value is -9.92. The van der Waals surface area contributed by atoms with E-state index in [2.05, 4.69) is 50.1 Å². The summed E-state index contributed by atoms with van der Waals surface area (Å²) in [7, 11) is 1.58. The van der Waals surface area contributed by atoms with Gasteiger partial charge >= 0.3 is 35.2 Å². The van der Waals surface area contributed by atoms with Crippen LogP contribution in [0.25, 0.3) is 64.9 Å². The Labute approximate surface area is 483 Å². The molecule has 18 nitrogen and oxygen atoms in total. The normalized spacial score (nSPS) is 11.0. The van der Waals surface area contributed by atoms with E-state index in [9.17, 15) is 28.8 Å². The van der Waals surface area contributed by atoms with Crippen LogP contribution in [0, 0.1) is 34.6 Å². The average molecular weight is 1200 g/mol. The number of rotatable bonds is 10. The number of carbonyl (C=O) groups excluding carboxylic acids is 3. The van der Waals surface area contributed by atoms with Gasteiger partial charge in [-0.25, -0.2) is 28.8 Å². The van der Waals surface area contributed by atoms with E-state index < -0.39 is 35.2 Å². The van der Waals surface area contributed by atoms with Crippen molar-refractivity contribution in [1.82, 2.24) is 0 Å². The average Bonchev–Trinajstić information content (AvgIpc) is 4.21. The summed E-state index contributed by atoms with van der Waals surface area (Å²) in [6, 6.07) is 41.0. The number of methoxy groups -OCH3 is 1. The van der Waals surface area contributed by atoms with Crippen LogP contribution in [0.3, 0.4) is 0 Å². The minimum absolute atomic E-state index is 0.0000943. The van der Waals surface area contributed by atoms with Gasteiger partial charge in [0.1, 0.15) is 40.5 Å². The Balaban J connectivity index is 0.000000139. The van der Waals surface area contributed by atoms with E-state index in [0.717, 1.165) is 69.5 Å². The second-order valence-corrected chi connectivity index (χ2v) is 21.3. The highest BCUT2D eigenvalue weighted by Gasteiger charge is 2.15. The van der Waals surface area contributed by atoms with Crippen molar-refractivity contribution in [2.24, 2.45) is 0 Å². The minimum atomic E-state index is -0.650. The Morgan fingerprint density at radius 2 is 0.940 bits per heavy atom. The second-order valence-electron chi connectivity index (χ2n) is 19.2. The SMILES string of the molecule is COc1cc(C)cc2cc(COC(=O)Nc3ccc4c(C)cc(=O)oc4c3)oc12.Cc1cc(=O)oc2cc(NC(=O)OCc3cc4cc(Br)ccc4o3)ccc12.Cc1ccc2sc(COC(=O)Nc3ccc4c(C)cc(=O)oc4c3)cc2c1. The van der Waals surface area contributed by atoms with E-state index in [1.165, 1.54) is 28.5 Å². The van der Waals surface area contributed by atoms with Gasteiger partial charge in [0.2, 0.25) is 0 Å². The Morgan fingerprint density at radius 1 is 0.458 bits per heavy atom. The first-order valence-electron chi connectivity index (χ1n) is 25.6. The van der Waals surface area contributed by atoms with Gasteiger partial charge in [0.15, 0.2) is 24.5 Å². The quantitative estimate of drug-likeness (QED) is 0.0852. The van der Waals surface area contributed by atoms with Crippen LogP contribution in [0.1, 0.15) is 44.2 Å². The van der Waals surface area contributed by atoms with Crippen LogP contribution < -0.4 is 37.6 Å². The van der Waals surface area contributed by atoms with Gasteiger partial charge in [-0.3, -0.25) is 16.0 Å². The summed E-state index contributed by atoms with van der Waals surface area (Å²) in [6.07, 6.45) is -1.84. The van der Waals surface area contributed by atoms with Gasteiger partial charge in [-0.2, -0.15) is 0 Å². The number of benzene rings is 6. The standard InChI is InChI=1S/C22H19NO6.C21H17NO4S.C20H14BrNO5/c1-12-6-14-9-16(28-21(14)19(7-12)26-3)11-27-22(25)23-15-4-5-17-13(2)8-20(24)29-18(17)10-15;1-12-3-6-19-14(7-12)9-16(27-19)11-25-21(24)22-15-4-5-17-13(2)8-20(23)26-18(17)10-15;1-11-6-19(23)27-18-9-14(3-4-16(11)18)22-20(24)25-10-15-8-12-7-13(21)2-5-17(12)26-15/h4-10H,11H2,1-3H3,(H,23,25);3-10H,11H2,1-2H3,(H,22,24);2-9H,10H2,1H3,(H,22,24). The predicted molar refractivity (Wildman–Crippen MR) is 321 cm³/mol. The number of halogens is 1. The number of aryl methyl sites for hydroxylation is 5. The summed E-state index contributed by atoms with van der Waals surface area (Å²) >= 11 is 5.01. The van der Waals surface area contributed by atoms with E-state index in [1.807, 2.05) is 83.1 Å². The number of ether oxygens (including phenoxy) is 4. The van der Waals surface area contributed by atoms with Crippen molar-refractivity contribution in [2.45, 2.75) is 54.4 Å². The van der Waals surface area contributed by atoms with Gasteiger partial charge in [-0.1, -0.05) is 33.6 Å². The minimum Gasteiger partial charge on any atom is -0.493 e. The monoisotopic (exact) mass is 1200 g/mol. The number of furan rings is 2. The molecule has 3 amide bonds. The maximum Gasteiger partial charge on any atom is 0.412 e. The summed E-state index contributed by atoms with van der Waals surface area (Å²) < 4.78 is 50.1. The lowest BCUT2D eigenvalue weighted by atomic mass is 10.1. The zero-order valence-electron chi connectivity index (χ0n) is 45.3. The lowest BCUT2D eigenvalue weighted by Gasteiger charge is -2.07. The van der Waals surface area contributed by atoms with E-state index in [0.29, 0.717) is 56.7 Å². The van der Waals surface area contributed by atoms with E-state index in [1.54, 1.807) is 73.0 Å². The van der Waals surface area contributed by atoms with Gasteiger partial charge in [0.25, 0.3) is 0 Å². The highest BCUT2D eigenvalue weighted by atomic mass is 79.9. The zero-order chi connectivity index (χ0) is 58.5. The van der Waals surface area contributed by atoms with Crippen LogP contribution in [-0.2, 0) is 34.0 Å². The van der Waals surface area contributed by atoms with Gasteiger partial charge in [-0.15, -0.1) is 11.3 Å². The molecule has 20 heteroatoms. The first-order valence-corrected chi connectivity index (χ1v) is 27.2. The fraction of sp³-hybridized carbons (Fsp3) is 0.143. The molecule has 0 bridgehead atoms. The number of hydrogen-bond acceptors (Lipinski definition) is 16. The largest absolute Gasteiger partial charge is 0.493 e. The van der Waals surface area contributed by atoms with E-state index >= 15 is 0 Å². The van der Waals surface area contributed by atoms with Crippen molar-refractivity contribution in [3.05, 3.63) is 219 Å². The topological polar surface area (TPSA) is 241 Å². The number of fused-ring (bicyclic) bond motifs is 6. The molecule has 0 radical (unpaired) electrons. The third-order valence-corrected chi connectivity index (χ3v) is 14.5. The molecule has 3 N–H and O–H groups in total. The molecule has 6 aromatic heterocycles. The molecule has 0 saturated heterocycles.